The van der Waals surface area contributed by atoms with Crippen molar-refractivity contribution in [1.29, 1.82) is 0 Å². The minimum absolute atomic E-state index is 0.644. The number of aromatic nitrogens is 2. The molecule has 0 saturated carbocycles. The highest BCUT2D eigenvalue weighted by Crippen LogP contribution is 2.08. The van der Waals surface area contributed by atoms with Crippen molar-refractivity contribution in [1.82, 2.24) is 14.9 Å². The van der Waals surface area contributed by atoms with Crippen LogP contribution in [-0.4, -0.2) is 41.0 Å². The normalized spacial score (nSPS) is 16.1. The summed E-state index contributed by atoms with van der Waals surface area (Å²) in [6.07, 6.45) is 5.21. The summed E-state index contributed by atoms with van der Waals surface area (Å²) in [7, 11) is 0. The Morgan fingerprint density at radius 2 is 2.17 bits per heavy atom. The zero-order valence-corrected chi connectivity index (χ0v) is 11.9. The van der Waals surface area contributed by atoms with Crippen LogP contribution < -0.4 is 5.32 Å². The molecule has 0 spiro atoms. The number of likely N-dealkylation sites (tertiary alicyclic amines) is 1. The van der Waals surface area contributed by atoms with Crippen molar-refractivity contribution < 1.29 is 0 Å². The molecule has 5 heteroatoms. The smallest absolute Gasteiger partial charge is 0.131 e. The zero-order chi connectivity index (χ0) is 12.8. The molecule has 0 radical (unpaired) electrons. The number of nitrogens with zero attached hydrogens (tertiary/aromatic N) is 2. The van der Waals surface area contributed by atoms with E-state index in [-0.39, 0.29) is 0 Å². The Morgan fingerprint density at radius 3 is 2.89 bits per heavy atom. The Kier molecular flexibility index (Phi) is 5.13. The molecule has 0 aromatic carbocycles. The van der Waals surface area contributed by atoms with E-state index in [0.29, 0.717) is 4.64 Å². The van der Waals surface area contributed by atoms with Crippen LogP contribution in [0.3, 0.4) is 0 Å². The van der Waals surface area contributed by atoms with E-state index in [4.69, 9.17) is 12.2 Å². The number of aromatic amines is 1. The van der Waals surface area contributed by atoms with Gasteiger partial charge in [0.05, 0.1) is 0 Å². The molecule has 100 valence electrons. The molecule has 1 aliphatic rings. The second-order valence-electron chi connectivity index (χ2n) is 4.90. The number of aryl methyl sites for hydroxylation is 1. The van der Waals surface area contributed by atoms with Crippen molar-refractivity contribution in [3.8, 4) is 0 Å². The third-order valence-electron chi connectivity index (χ3n) is 3.28. The van der Waals surface area contributed by atoms with Crippen molar-refractivity contribution in [3.05, 3.63) is 16.5 Å². The average Bonchev–Trinajstić information content (AvgIpc) is 2.80. The fraction of sp³-hybridized carbons (Fsp3) is 0.692. The van der Waals surface area contributed by atoms with Crippen molar-refractivity contribution in [3.63, 3.8) is 0 Å². The van der Waals surface area contributed by atoms with Gasteiger partial charge < -0.3 is 15.2 Å². The van der Waals surface area contributed by atoms with E-state index in [0.717, 1.165) is 18.2 Å². The third-order valence-corrected chi connectivity index (χ3v) is 3.49. The minimum Gasteiger partial charge on any atom is -0.372 e. The third kappa shape index (κ3) is 4.38. The van der Waals surface area contributed by atoms with E-state index >= 15 is 0 Å². The molecule has 18 heavy (non-hydrogen) atoms. The SMILES string of the molecule is Cc1nc(=S)cc(NCCCCN2CCCC2)[nH]1. The van der Waals surface area contributed by atoms with Gasteiger partial charge in [-0.25, -0.2) is 4.98 Å². The van der Waals surface area contributed by atoms with Gasteiger partial charge in [0.2, 0.25) is 0 Å². The highest BCUT2D eigenvalue weighted by atomic mass is 32.1. The number of H-pyrrole nitrogens is 1. The number of unbranched alkanes of at least 4 members (excludes halogenated alkanes) is 1. The highest BCUT2D eigenvalue weighted by molar-refractivity contribution is 7.71. The monoisotopic (exact) mass is 266 g/mol. The summed E-state index contributed by atoms with van der Waals surface area (Å²) in [5.41, 5.74) is 0. The topological polar surface area (TPSA) is 44.0 Å². The Morgan fingerprint density at radius 1 is 1.39 bits per heavy atom. The lowest BCUT2D eigenvalue weighted by Crippen LogP contribution is -2.20. The van der Waals surface area contributed by atoms with Gasteiger partial charge in [-0.2, -0.15) is 0 Å². The van der Waals surface area contributed by atoms with Gasteiger partial charge in [0.15, 0.2) is 0 Å². The molecule has 0 bridgehead atoms. The van der Waals surface area contributed by atoms with Crippen LogP contribution in [0.15, 0.2) is 6.07 Å². The lowest BCUT2D eigenvalue weighted by molar-refractivity contribution is 0.331. The molecular weight excluding hydrogens is 244 g/mol. The molecule has 1 fully saturated rings. The van der Waals surface area contributed by atoms with Crippen LogP contribution in [0.5, 0.6) is 0 Å². The molecule has 1 aromatic rings. The summed E-state index contributed by atoms with van der Waals surface area (Å²) in [4.78, 5) is 9.88. The first-order chi connectivity index (χ1) is 8.74. The predicted octanol–water partition coefficient (Wildman–Crippen LogP) is 2.74. The summed E-state index contributed by atoms with van der Waals surface area (Å²) in [6, 6.07) is 1.88. The van der Waals surface area contributed by atoms with Crippen LogP contribution in [0.1, 0.15) is 31.5 Å². The molecule has 1 aromatic heterocycles. The molecular formula is C13H22N4S. The van der Waals surface area contributed by atoms with Crippen molar-refractivity contribution in [2.45, 2.75) is 32.6 Å². The summed E-state index contributed by atoms with van der Waals surface area (Å²) in [5, 5.41) is 3.37. The maximum atomic E-state index is 5.08. The zero-order valence-electron chi connectivity index (χ0n) is 11.0. The Labute approximate surface area is 114 Å². The molecule has 0 aliphatic carbocycles. The van der Waals surface area contributed by atoms with E-state index < -0.39 is 0 Å². The molecule has 0 amide bonds. The van der Waals surface area contributed by atoms with E-state index in [1.54, 1.807) is 0 Å². The standard InChI is InChI=1S/C13H22N4S/c1-11-15-12(10-13(18)16-11)14-6-2-3-7-17-8-4-5-9-17/h10H,2-9H2,1H3,(H2,14,15,16,18). The molecule has 2 N–H and O–H groups in total. The summed E-state index contributed by atoms with van der Waals surface area (Å²) < 4.78 is 0.644. The fourth-order valence-corrected chi connectivity index (χ4v) is 2.62. The maximum absolute atomic E-state index is 5.08. The Hall–Kier alpha value is -0.940. The lowest BCUT2D eigenvalue weighted by atomic mass is 10.3. The Balaban J connectivity index is 1.64. The van der Waals surface area contributed by atoms with Gasteiger partial charge in [-0.3, -0.25) is 0 Å². The predicted molar refractivity (Wildman–Crippen MR) is 77.6 cm³/mol. The molecule has 4 nitrogen and oxygen atoms in total. The van der Waals surface area contributed by atoms with Crippen molar-refractivity contribution in [2.75, 3.05) is 31.5 Å². The van der Waals surface area contributed by atoms with Gasteiger partial charge in [-0.1, -0.05) is 12.2 Å². The summed E-state index contributed by atoms with van der Waals surface area (Å²) in [6.45, 7) is 6.75. The first-order valence-corrected chi connectivity index (χ1v) is 7.19. The first-order valence-electron chi connectivity index (χ1n) is 6.78. The van der Waals surface area contributed by atoms with Gasteiger partial charge in [0, 0.05) is 12.6 Å². The number of anilines is 1. The summed E-state index contributed by atoms with van der Waals surface area (Å²) in [5.74, 6) is 1.84. The lowest BCUT2D eigenvalue weighted by Gasteiger charge is -2.14. The minimum atomic E-state index is 0.644. The van der Waals surface area contributed by atoms with Gasteiger partial charge in [0.25, 0.3) is 0 Å². The highest BCUT2D eigenvalue weighted by Gasteiger charge is 2.09. The largest absolute Gasteiger partial charge is 0.372 e. The molecule has 0 atom stereocenters. The second kappa shape index (κ2) is 6.85. The van der Waals surface area contributed by atoms with E-state index in [1.165, 1.54) is 45.3 Å². The van der Waals surface area contributed by atoms with E-state index in [1.807, 2.05) is 13.0 Å². The van der Waals surface area contributed by atoms with Crippen molar-refractivity contribution in [2.24, 2.45) is 0 Å². The number of hydrogen-bond acceptors (Lipinski definition) is 4. The van der Waals surface area contributed by atoms with Gasteiger partial charge >= 0.3 is 0 Å². The molecule has 2 heterocycles. The van der Waals surface area contributed by atoms with E-state index in [9.17, 15) is 0 Å². The molecule has 1 saturated heterocycles. The van der Waals surface area contributed by atoms with E-state index in [2.05, 4.69) is 20.2 Å². The summed E-state index contributed by atoms with van der Waals surface area (Å²) >= 11 is 5.08. The molecule has 1 aliphatic heterocycles. The van der Waals surface area contributed by atoms with Crippen molar-refractivity contribution >= 4 is 18.0 Å². The van der Waals surface area contributed by atoms with Gasteiger partial charge in [-0.15, -0.1) is 0 Å². The number of nitrogens with one attached hydrogen (secondary N) is 2. The molecule has 0 unspecified atom stereocenters. The van der Waals surface area contributed by atoms with Crippen LogP contribution in [0.2, 0.25) is 0 Å². The average molecular weight is 266 g/mol. The number of hydrogen-bond donors (Lipinski definition) is 2. The fourth-order valence-electron chi connectivity index (χ4n) is 2.36. The molecule has 2 rings (SSSR count). The Bertz CT molecular complexity index is 423. The van der Waals surface area contributed by atoms with Crippen LogP contribution in [0.4, 0.5) is 5.82 Å². The van der Waals surface area contributed by atoms with Crippen LogP contribution >= 0.6 is 12.2 Å². The van der Waals surface area contributed by atoms with Crippen LogP contribution in [0, 0.1) is 11.6 Å². The van der Waals surface area contributed by atoms with Gasteiger partial charge in [-0.05, 0) is 52.2 Å². The van der Waals surface area contributed by atoms with Crippen LogP contribution in [0.25, 0.3) is 0 Å². The van der Waals surface area contributed by atoms with Gasteiger partial charge in [0.1, 0.15) is 16.3 Å². The maximum Gasteiger partial charge on any atom is 0.131 e. The second-order valence-corrected chi connectivity index (χ2v) is 5.32. The van der Waals surface area contributed by atoms with Crippen LogP contribution in [-0.2, 0) is 0 Å². The quantitative estimate of drug-likeness (QED) is 0.614. The number of rotatable bonds is 6. The first kappa shape index (κ1) is 13.5.